The normalized spacial score (nSPS) is 23.3. The van der Waals surface area contributed by atoms with Gasteiger partial charge in [0.05, 0.1) is 12.2 Å². The summed E-state index contributed by atoms with van der Waals surface area (Å²) in [5.74, 6) is -0.666. The predicted molar refractivity (Wildman–Crippen MR) is 159 cm³/mol. The van der Waals surface area contributed by atoms with Gasteiger partial charge < -0.3 is 9.16 Å². The molecule has 1 aromatic carbocycles. The molecule has 1 saturated carbocycles. The summed E-state index contributed by atoms with van der Waals surface area (Å²) in [5.41, 5.74) is 2.75. The number of alkyl halides is 1. The van der Waals surface area contributed by atoms with Crippen molar-refractivity contribution in [3.05, 3.63) is 59.7 Å². The smallest absolute Gasteiger partial charge is 0.306 e. The second-order valence-electron chi connectivity index (χ2n) is 13.2. The summed E-state index contributed by atoms with van der Waals surface area (Å²) in [6, 6.07) is 8.58. The maximum absolute atomic E-state index is 15.1. The van der Waals surface area contributed by atoms with Crippen molar-refractivity contribution >= 4 is 20.1 Å². The monoisotopic (exact) mass is 556 g/mol. The van der Waals surface area contributed by atoms with Crippen LogP contribution in [0.25, 0.3) is 0 Å². The molecule has 4 atom stereocenters. The van der Waals surface area contributed by atoms with Gasteiger partial charge in [-0.15, -0.1) is 0 Å². The van der Waals surface area contributed by atoms with Gasteiger partial charge in [0.1, 0.15) is 12.0 Å². The van der Waals surface area contributed by atoms with Crippen LogP contribution in [0.3, 0.4) is 0 Å². The van der Waals surface area contributed by atoms with Gasteiger partial charge in [-0.3, -0.25) is 9.59 Å². The number of ether oxygens (including phenoxy) is 1. The summed E-state index contributed by atoms with van der Waals surface area (Å²) in [6.07, 6.45) is 10.9. The van der Waals surface area contributed by atoms with Crippen molar-refractivity contribution in [3.8, 4) is 0 Å². The van der Waals surface area contributed by atoms with Gasteiger partial charge in [-0.25, -0.2) is 4.39 Å². The van der Waals surface area contributed by atoms with E-state index in [1.54, 1.807) is 0 Å². The summed E-state index contributed by atoms with van der Waals surface area (Å²) in [4.78, 5) is 24.4. The minimum atomic E-state index is -2.07. The summed E-state index contributed by atoms with van der Waals surface area (Å²) < 4.78 is 27.2. The van der Waals surface area contributed by atoms with Gasteiger partial charge in [0, 0.05) is 24.7 Å². The van der Waals surface area contributed by atoms with E-state index in [4.69, 9.17) is 9.16 Å². The highest BCUT2D eigenvalue weighted by Gasteiger charge is 2.43. The molecule has 0 heterocycles. The zero-order valence-corrected chi connectivity index (χ0v) is 26.0. The van der Waals surface area contributed by atoms with Gasteiger partial charge in [-0.1, -0.05) is 69.3 Å². The molecule has 0 spiro atoms. The molecule has 1 fully saturated rings. The molecule has 0 aromatic heterocycles. The summed E-state index contributed by atoms with van der Waals surface area (Å²) >= 11 is 0. The van der Waals surface area contributed by atoms with Crippen LogP contribution in [-0.2, 0) is 31.6 Å². The first-order valence-electron chi connectivity index (χ1n) is 14.7. The number of hydrogen-bond donors (Lipinski definition) is 0. The largest absolute Gasteiger partial charge is 0.463 e. The Labute approximate surface area is 236 Å². The minimum Gasteiger partial charge on any atom is -0.463 e. The van der Waals surface area contributed by atoms with Gasteiger partial charge in [0.2, 0.25) is 0 Å². The van der Waals surface area contributed by atoms with Gasteiger partial charge in [0.25, 0.3) is 0 Å². The third-order valence-corrected chi connectivity index (χ3v) is 13.1. The van der Waals surface area contributed by atoms with E-state index >= 15 is 4.39 Å². The molecule has 216 valence electrons. The second kappa shape index (κ2) is 13.5. The van der Waals surface area contributed by atoms with Crippen LogP contribution in [0.2, 0.25) is 18.1 Å². The van der Waals surface area contributed by atoms with Gasteiger partial charge in [-0.05, 0) is 81.1 Å². The second-order valence-corrected chi connectivity index (χ2v) is 17.9. The fourth-order valence-corrected chi connectivity index (χ4v) is 6.71. The maximum Gasteiger partial charge on any atom is 0.306 e. The first kappa shape index (κ1) is 31.5. The number of carbonyl (C=O) groups excluding carboxylic acids is 2. The van der Waals surface area contributed by atoms with Crippen LogP contribution in [0.15, 0.2) is 48.6 Å². The molecular formula is C33H49FO4Si. The Hall–Kier alpha value is -2.05. The van der Waals surface area contributed by atoms with Crippen molar-refractivity contribution in [1.29, 1.82) is 0 Å². The minimum absolute atomic E-state index is 0.00236. The lowest BCUT2D eigenvalue weighted by Gasteiger charge is -2.40. The summed E-state index contributed by atoms with van der Waals surface area (Å²) in [6.45, 7) is 14.9. The molecule has 0 N–H and O–H groups in total. The molecule has 4 nitrogen and oxygen atoms in total. The number of carbonyl (C=O) groups is 2. The van der Waals surface area contributed by atoms with Gasteiger partial charge in [0.15, 0.2) is 8.32 Å². The number of Topliss-reactive ketones (excluding diaryl/α,β-unsaturated/α-hetero) is 1. The molecule has 0 radical (unpaired) electrons. The maximum atomic E-state index is 15.1. The standard InChI is InChI=1S/C33H49FO4Si/c1-23(2)37-32(36)17-11-9-8-10-16-28-27(29(34)22-30(28)35)18-19-31(38-39(6,7)33(3,4)5)26-20-24-14-12-13-15-25(24)21-26/h8,10,12-15,18-19,23,26-29,31H,9,11,16-17,20-22H2,1-7H3/t27-,28-,29+,31?/m1/s1. The number of halogens is 1. The molecule has 0 saturated heterocycles. The number of hydrogen-bond acceptors (Lipinski definition) is 4. The molecule has 1 aromatic rings. The highest BCUT2D eigenvalue weighted by atomic mass is 28.4. The van der Waals surface area contributed by atoms with Crippen molar-refractivity contribution in [2.75, 3.05) is 0 Å². The number of allylic oxidation sites excluding steroid dienone is 3. The number of unbranched alkanes of at least 4 members (excludes halogenated alkanes) is 1. The number of esters is 1. The number of fused-ring (bicyclic) bond motifs is 1. The van der Waals surface area contributed by atoms with Gasteiger partial charge >= 0.3 is 5.97 Å². The van der Waals surface area contributed by atoms with E-state index in [1.807, 2.05) is 32.1 Å². The van der Waals surface area contributed by atoms with E-state index in [9.17, 15) is 9.59 Å². The molecule has 6 heteroatoms. The molecule has 2 aliphatic rings. The van der Waals surface area contributed by atoms with Gasteiger partial charge in [-0.2, -0.15) is 0 Å². The van der Waals surface area contributed by atoms with E-state index in [2.05, 4.69) is 64.2 Å². The Morgan fingerprint density at radius 3 is 2.33 bits per heavy atom. The predicted octanol–water partition coefficient (Wildman–Crippen LogP) is 7.96. The van der Waals surface area contributed by atoms with Crippen LogP contribution in [0.5, 0.6) is 0 Å². The Balaban J connectivity index is 1.67. The van der Waals surface area contributed by atoms with Crippen molar-refractivity contribution in [3.63, 3.8) is 0 Å². The third kappa shape index (κ3) is 8.71. The average molecular weight is 557 g/mol. The molecule has 0 bridgehead atoms. The van der Waals surface area contributed by atoms with Crippen LogP contribution in [0, 0.1) is 17.8 Å². The van der Waals surface area contributed by atoms with E-state index in [1.165, 1.54) is 11.1 Å². The van der Waals surface area contributed by atoms with Crippen molar-refractivity contribution in [1.82, 2.24) is 0 Å². The molecule has 39 heavy (non-hydrogen) atoms. The SMILES string of the molecule is CC(C)OC(=O)CCCC=CC[C@H]1C(=O)C[C@H](F)[C@@H]1C=CC(O[Si](C)(C)C(C)(C)C)C1Cc2ccccc2C1. The summed E-state index contributed by atoms with van der Waals surface area (Å²) in [5, 5.41) is 0.0648. The van der Waals surface area contributed by atoms with E-state index in [-0.39, 0.29) is 41.3 Å². The Morgan fingerprint density at radius 1 is 1.10 bits per heavy atom. The fraction of sp³-hybridized carbons (Fsp3) is 0.636. The quantitative estimate of drug-likeness (QED) is 0.113. The zero-order valence-electron chi connectivity index (χ0n) is 25.0. The molecule has 3 rings (SSSR count). The first-order valence-corrected chi connectivity index (χ1v) is 17.6. The van der Waals surface area contributed by atoms with Crippen molar-refractivity contribution in [2.45, 2.75) is 116 Å². The lowest BCUT2D eigenvalue weighted by atomic mass is 9.89. The first-order chi connectivity index (χ1) is 18.3. The van der Waals surface area contributed by atoms with Crippen LogP contribution in [0.4, 0.5) is 4.39 Å². The lowest BCUT2D eigenvalue weighted by molar-refractivity contribution is -0.147. The van der Waals surface area contributed by atoms with E-state index < -0.39 is 20.4 Å². The number of rotatable bonds is 12. The third-order valence-electron chi connectivity index (χ3n) is 8.67. The Kier molecular flexibility index (Phi) is 10.9. The molecular weight excluding hydrogens is 507 g/mol. The Bertz CT molecular complexity index is 1010. The molecule has 1 unspecified atom stereocenters. The summed E-state index contributed by atoms with van der Waals surface area (Å²) in [7, 11) is -2.07. The molecule has 0 amide bonds. The lowest BCUT2D eigenvalue weighted by Crippen LogP contribution is -2.45. The average Bonchev–Trinajstić information content (AvgIpc) is 3.37. The van der Waals surface area contributed by atoms with E-state index in [0.29, 0.717) is 25.2 Å². The molecule has 0 aliphatic heterocycles. The zero-order chi connectivity index (χ0) is 28.8. The highest BCUT2D eigenvalue weighted by Crippen LogP contribution is 2.41. The topological polar surface area (TPSA) is 52.6 Å². The Morgan fingerprint density at radius 2 is 1.74 bits per heavy atom. The van der Waals surface area contributed by atoms with Crippen LogP contribution in [0.1, 0.15) is 77.8 Å². The fourth-order valence-electron chi connectivity index (χ4n) is 5.41. The highest BCUT2D eigenvalue weighted by molar-refractivity contribution is 6.74. The van der Waals surface area contributed by atoms with E-state index in [0.717, 1.165) is 19.3 Å². The number of ketones is 1. The van der Waals surface area contributed by atoms with Crippen molar-refractivity contribution < 1.29 is 23.1 Å². The molecule has 2 aliphatic carbocycles. The van der Waals surface area contributed by atoms with Crippen LogP contribution < -0.4 is 0 Å². The van der Waals surface area contributed by atoms with Crippen LogP contribution >= 0.6 is 0 Å². The van der Waals surface area contributed by atoms with Crippen LogP contribution in [-0.4, -0.2) is 38.4 Å². The number of benzene rings is 1. The van der Waals surface area contributed by atoms with Crippen molar-refractivity contribution in [2.24, 2.45) is 17.8 Å².